The summed E-state index contributed by atoms with van der Waals surface area (Å²) in [6, 6.07) is 6.32. The van der Waals surface area contributed by atoms with E-state index in [0.717, 1.165) is 5.56 Å². The van der Waals surface area contributed by atoms with Crippen molar-refractivity contribution in [2.24, 2.45) is 0 Å². The van der Waals surface area contributed by atoms with Crippen LogP contribution >= 0.6 is 0 Å². The third-order valence-electron chi connectivity index (χ3n) is 2.65. The molecule has 0 saturated heterocycles. The molecule has 0 heterocycles. The molecule has 0 spiro atoms. The van der Waals surface area contributed by atoms with Gasteiger partial charge in [0.15, 0.2) is 0 Å². The van der Waals surface area contributed by atoms with Gasteiger partial charge in [0.2, 0.25) is 0 Å². The molecule has 19 heavy (non-hydrogen) atoms. The summed E-state index contributed by atoms with van der Waals surface area (Å²) in [5, 5.41) is 8.73. The van der Waals surface area contributed by atoms with Crippen LogP contribution in [0.3, 0.4) is 0 Å². The molecule has 0 bridgehead atoms. The summed E-state index contributed by atoms with van der Waals surface area (Å²) in [5.74, 6) is -0.995. The van der Waals surface area contributed by atoms with E-state index in [2.05, 4.69) is 0 Å². The molecule has 1 aromatic carbocycles. The first-order chi connectivity index (χ1) is 8.78. The average Bonchev–Trinajstić information content (AvgIpc) is 2.27. The van der Waals surface area contributed by atoms with Gasteiger partial charge in [0, 0.05) is 13.0 Å². The molecule has 0 unspecified atom stereocenters. The standard InChI is InChI=1S/C13H16F3NO2/c1-17(8-2-7-13(14,15)16)9-10-3-5-11(6-4-10)12(18)19/h3-6H,2,7-9H2,1H3,(H,18,19). The molecule has 0 aliphatic carbocycles. The van der Waals surface area contributed by atoms with Gasteiger partial charge in [-0.15, -0.1) is 0 Å². The van der Waals surface area contributed by atoms with E-state index in [4.69, 9.17) is 5.11 Å². The molecule has 0 amide bonds. The van der Waals surface area contributed by atoms with Crippen molar-refractivity contribution in [1.29, 1.82) is 0 Å². The highest BCUT2D eigenvalue weighted by molar-refractivity contribution is 5.87. The minimum Gasteiger partial charge on any atom is -0.478 e. The van der Waals surface area contributed by atoms with E-state index in [0.29, 0.717) is 13.1 Å². The minimum absolute atomic E-state index is 0.0627. The zero-order valence-electron chi connectivity index (χ0n) is 10.6. The maximum atomic E-state index is 12.0. The maximum Gasteiger partial charge on any atom is 0.389 e. The monoisotopic (exact) mass is 275 g/mol. The molecule has 3 nitrogen and oxygen atoms in total. The van der Waals surface area contributed by atoms with E-state index in [-0.39, 0.29) is 12.0 Å². The molecule has 1 N–H and O–H groups in total. The third-order valence-corrected chi connectivity index (χ3v) is 2.65. The molecule has 106 valence electrons. The highest BCUT2D eigenvalue weighted by atomic mass is 19.4. The Bertz CT molecular complexity index is 415. The maximum absolute atomic E-state index is 12.0. The normalized spacial score (nSPS) is 11.8. The first-order valence-electron chi connectivity index (χ1n) is 5.85. The molecule has 1 rings (SSSR count). The van der Waals surface area contributed by atoms with Gasteiger partial charge in [-0.25, -0.2) is 4.79 Å². The Morgan fingerprint density at radius 2 is 1.84 bits per heavy atom. The SMILES string of the molecule is CN(CCCC(F)(F)F)Cc1ccc(C(=O)O)cc1. The van der Waals surface area contributed by atoms with Crippen LogP contribution in [0.25, 0.3) is 0 Å². The molecule has 0 fully saturated rings. The lowest BCUT2D eigenvalue weighted by atomic mass is 10.1. The summed E-state index contributed by atoms with van der Waals surface area (Å²) in [5.41, 5.74) is 1.07. The Hall–Kier alpha value is -1.56. The van der Waals surface area contributed by atoms with Gasteiger partial charge in [0.25, 0.3) is 0 Å². The van der Waals surface area contributed by atoms with Crippen LogP contribution in [0.2, 0.25) is 0 Å². The predicted octanol–water partition coefficient (Wildman–Crippen LogP) is 3.16. The van der Waals surface area contributed by atoms with Crippen LogP contribution < -0.4 is 0 Å². The number of hydrogen-bond donors (Lipinski definition) is 1. The minimum atomic E-state index is -4.11. The zero-order chi connectivity index (χ0) is 14.5. The van der Waals surface area contributed by atoms with E-state index in [1.54, 1.807) is 24.1 Å². The van der Waals surface area contributed by atoms with Crippen LogP contribution in [0.15, 0.2) is 24.3 Å². The van der Waals surface area contributed by atoms with Crippen LogP contribution in [-0.4, -0.2) is 35.7 Å². The lowest BCUT2D eigenvalue weighted by molar-refractivity contribution is -0.136. The van der Waals surface area contributed by atoms with Crippen molar-refractivity contribution >= 4 is 5.97 Å². The Balaban J connectivity index is 2.40. The summed E-state index contributed by atoms with van der Waals surface area (Å²) in [6.07, 6.45) is -4.83. The van der Waals surface area contributed by atoms with Crippen molar-refractivity contribution in [3.63, 3.8) is 0 Å². The molecule has 0 aliphatic rings. The van der Waals surface area contributed by atoms with E-state index < -0.39 is 18.6 Å². The molecule has 6 heteroatoms. The number of rotatable bonds is 6. The van der Waals surface area contributed by atoms with E-state index in [9.17, 15) is 18.0 Å². The van der Waals surface area contributed by atoms with Crippen molar-refractivity contribution in [1.82, 2.24) is 4.90 Å². The first-order valence-corrected chi connectivity index (χ1v) is 5.85. The lowest BCUT2D eigenvalue weighted by Gasteiger charge is -2.17. The predicted molar refractivity (Wildman–Crippen MR) is 65.0 cm³/mol. The number of aromatic carboxylic acids is 1. The number of benzene rings is 1. The topological polar surface area (TPSA) is 40.5 Å². The Labute approximate surface area is 109 Å². The van der Waals surface area contributed by atoms with Crippen molar-refractivity contribution in [2.75, 3.05) is 13.6 Å². The second-order valence-electron chi connectivity index (χ2n) is 4.46. The van der Waals surface area contributed by atoms with E-state index >= 15 is 0 Å². The van der Waals surface area contributed by atoms with Gasteiger partial charge in [-0.3, -0.25) is 0 Å². The smallest absolute Gasteiger partial charge is 0.389 e. The van der Waals surface area contributed by atoms with Gasteiger partial charge >= 0.3 is 12.1 Å². The fraction of sp³-hybridized carbons (Fsp3) is 0.462. The van der Waals surface area contributed by atoms with Crippen LogP contribution in [0.5, 0.6) is 0 Å². The number of carboxylic acids is 1. The highest BCUT2D eigenvalue weighted by Gasteiger charge is 2.26. The summed E-state index contributed by atoms with van der Waals surface area (Å²) in [6.45, 7) is 0.845. The molecule has 0 atom stereocenters. The fourth-order valence-electron chi connectivity index (χ4n) is 1.69. The molecule has 0 radical (unpaired) electrons. The van der Waals surface area contributed by atoms with Crippen LogP contribution in [0.4, 0.5) is 13.2 Å². The summed E-state index contributed by atoms with van der Waals surface area (Å²) in [4.78, 5) is 12.4. The molecule has 0 aliphatic heterocycles. The number of hydrogen-bond acceptors (Lipinski definition) is 2. The van der Waals surface area contributed by atoms with Gasteiger partial charge in [-0.1, -0.05) is 12.1 Å². The number of alkyl halides is 3. The van der Waals surface area contributed by atoms with Gasteiger partial charge in [-0.2, -0.15) is 13.2 Å². The quantitative estimate of drug-likeness (QED) is 0.867. The van der Waals surface area contributed by atoms with E-state index in [1.807, 2.05) is 0 Å². The van der Waals surface area contributed by atoms with Crippen molar-refractivity contribution < 1.29 is 23.1 Å². The molecular formula is C13H16F3NO2. The van der Waals surface area contributed by atoms with Gasteiger partial charge < -0.3 is 10.0 Å². The summed E-state index contributed by atoms with van der Waals surface area (Å²) in [7, 11) is 1.74. The zero-order valence-corrected chi connectivity index (χ0v) is 10.6. The molecule has 0 saturated carbocycles. The Kier molecular flexibility index (Phi) is 5.35. The van der Waals surface area contributed by atoms with Crippen molar-refractivity contribution in [3.05, 3.63) is 35.4 Å². The van der Waals surface area contributed by atoms with Crippen LogP contribution in [-0.2, 0) is 6.54 Å². The second kappa shape index (κ2) is 6.56. The summed E-state index contributed by atoms with van der Waals surface area (Å²) < 4.78 is 35.9. The van der Waals surface area contributed by atoms with Crippen molar-refractivity contribution in [3.8, 4) is 0 Å². The van der Waals surface area contributed by atoms with Crippen LogP contribution in [0, 0.1) is 0 Å². The van der Waals surface area contributed by atoms with Gasteiger partial charge in [0.05, 0.1) is 5.56 Å². The fourth-order valence-corrected chi connectivity index (χ4v) is 1.69. The lowest BCUT2D eigenvalue weighted by Crippen LogP contribution is -2.21. The van der Waals surface area contributed by atoms with Crippen LogP contribution in [0.1, 0.15) is 28.8 Å². The number of halogens is 3. The number of carboxylic acid groups (broad SMARTS) is 1. The largest absolute Gasteiger partial charge is 0.478 e. The van der Waals surface area contributed by atoms with E-state index in [1.165, 1.54) is 12.1 Å². The Morgan fingerprint density at radius 1 is 1.26 bits per heavy atom. The molecular weight excluding hydrogens is 259 g/mol. The van der Waals surface area contributed by atoms with Crippen molar-refractivity contribution in [2.45, 2.75) is 25.6 Å². The molecule has 0 aromatic heterocycles. The average molecular weight is 275 g/mol. The number of nitrogens with zero attached hydrogens (tertiary/aromatic N) is 1. The Morgan fingerprint density at radius 3 is 2.32 bits per heavy atom. The number of carbonyl (C=O) groups is 1. The first kappa shape index (κ1) is 15.5. The van der Waals surface area contributed by atoms with Gasteiger partial charge in [-0.05, 0) is 37.7 Å². The summed E-state index contributed by atoms with van der Waals surface area (Å²) >= 11 is 0. The molecule has 1 aromatic rings. The van der Waals surface area contributed by atoms with Gasteiger partial charge in [0.1, 0.15) is 0 Å². The highest BCUT2D eigenvalue weighted by Crippen LogP contribution is 2.21. The third kappa shape index (κ3) is 6.24. The second-order valence-corrected chi connectivity index (χ2v) is 4.46.